The maximum Gasteiger partial charge on any atom is 0.0600 e. The first-order valence-corrected chi connectivity index (χ1v) is 6.60. The van der Waals surface area contributed by atoms with Gasteiger partial charge in [-0.3, -0.25) is 4.98 Å². The normalized spacial score (nSPS) is 10.5. The molecule has 1 aromatic heterocycles. The van der Waals surface area contributed by atoms with E-state index >= 15 is 0 Å². The monoisotopic (exact) mass is 275 g/mol. The Morgan fingerprint density at radius 2 is 2.05 bits per heavy atom. The van der Waals surface area contributed by atoms with E-state index in [-0.39, 0.29) is 0 Å². The fourth-order valence-electron chi connectivity index (χ4n) is 2.11. The van der Waals surface area contributed by atoms with Crippen molar-refractivity contribution < 1.29 is 0 Å². The molecule has 0 amide bonds. The van der Waals surface area contributed by atoms with E-state index in [4.69, 9.17) is 17.3 Å². The topological polar surface area (TPSA) is 42.1 Å². The van der Waals surface area contributed by atoms with Crippen LogP contribution >= 0.6 is 11.6 Å². The maximum atomic E-state index is 5.99. The van der Waals surface area contributed by atoms with Crippen molar-refractivity contribution in [1.29, 1.82) is 0 Å². The van der Waals surface area contributed by atoms with Gasteiger partial charge >= 0.3 is 0 Å². The van der Waals surface area contributed by atoms with Crippen LogP contribution < -0.4 is 10.6 Å². The van der Waals surface area contributed by atoms with E-state index < -0.39 is 0 Å². The number of hydrogen-bond donors (Lipinski definition) is 1. The van der Waals surface area contributed by atoms with Gasteiger partial charge in [0.2, 0.25) is 0 Å². The predicted molar refractivity (Wildman–Crippen MR) is 80.4 cm³/mol. The third-order valence-electron chi connectivity index (χ3n) is 3.02. The summed E-state index contributed by atoms with van der Waals surface area (Å²) in [6.45, 7) is 3.22. The minimum Gasteiger partial charge on any atom is -0.368 e. The fourth-order valence-corrected chi connectivity index (χ4v) is 2.30. The lowest BCUT2D eigenvalue weighted by Gasteiger charge is -2.22. The Hall–Kier alpha value is -1.58. The molecule has 0 radical (unpaired) electrons. The number of aryl methyl sites for hydroxylation is 1. The summed E-state index contributed by atoms with van der Waals surface area (Å²) in [4.78, 5) is 6.65. The highest BCUT2D eigenvalue weighted by atomic mass is 35.5. The number of rotatable bonds is 4. The zero-order valence-electron chi connectivity index (χ0n) is 11.2. The first kappa shape index (κ1) is 13.8. The Kier molecular flexibility index (Phi) is 4.40. The molecule has 0 aliphatic carbocycles. The minimum absolute atomic E-state index is 0.474. The van der Waals surface area contributed by atoms with E-state index in [1.807, 2.05) is 50.4 Å². The molecule has 0 bridgehead atoms. The second-order valence-electron chi connectivity index (χ2n) is 4.60. The van der Waals surface area contributed by atoms with Gasteiger partial charge in [-0.25, -0.2) is 0 Å². The van der Waals surface area contributed by atoms with Crippen molar-refractivity contribution in [2.75, 3.05) is 11.9 Å². The van der Waals surface area contributed by atoms with E-state index in [1.165, 1.54) is 0 Å². The summed E-state index contributed by atoms with van der Waals surface area (Å²) in [5.74, 6) is 0. The highest BCUT2D eigenvalue weighted by Gasteiger charge is 2.08. The molecule has 1 heterocycles. The van der Waals surface area contributed by atoms with Gasteiger partial charge in [0.25, 0.3) is 0 Å². The van der Waals surface area contributed by atoms with E-state index in [2.05, 4.69) is 9.88 Å². The molecule has 0 aliphatic heterocycles. The number of aromatic nitrogens is 1. The van der Waals surface area contributed by atoms with Crippen LogP contribution in [0.25, 0.3) is 0 Å². The fraction of sp³-hybridized carbons (Fsp3) is 0.267. The molecule has 0 saturated heterocycles. The van der Waals surface area contributed by atoms with E-state index in [1.54, 1.807) is 0 Å². The van der Waals surface area contributed by atoms with Gasteiger partial charge in [0.05, 0.1) is 12.2 Å². The van der Waals surface area contributed by atoms with Crippen molar-refractivity contribution >= 4 is 17.3 Å². The Bertz CT molecular complexity index is 569. The zero-order chi connectivity index (χ0) is 13.8. The quantitative estimate of drug-likeness (QED) is 0.932. The van der Waals surface area contributed by atoms with Crippen LogP contribution in [0, 0.1) is 6.92 Å². The zero-order valence-corrected chi connectivity index (χ0v) is 12.0. The molecule has 2 N–H and O–H groups in total. The van der Waals surface area contributed by atoms with Gasteiger partial charge in [0, 0.05) is 30.0 Å². The molecule has 19 heavy (non-hydrogen) atoms. The van der Waals surface area contributed by atoms with Crippen molar-refractivity contribution in [3.8, 4) is 0 Å². The van der Waals surface area contributed by atoms with Gasteiger partial charge < -0.3 is 10.6 Å². The van der Waals surface area contributed by atoms with Crippen LogP contribution in [0.4, 0.5) is 5.69 Å². The van der Waals surface area contributed by atoms with E-state index in [9.17, 15) is 0 Å². The number of pyridine rings is 1. The average Bonchev–Trinajstić information content (AvgIpc) is 2.38. The summed E-state index contributed by atoms with van der Waals surface area (Å²) in [5.41, 5.74) is 9.98. The summed E-state index contributed by atoms with van der Waals surface area (Å²) in [6, 6.07) is 11.9. The third-order valence-corrected chi connectivity index (χ3v) is 3.25. The summed E-state index contributed by atoms with van der Waals surface area (Å²) >= 11 is 5.99. The lowest BCUT2D eigenvalue weighted by molar-refractivity contribution is 0.865. The molecule has 4 heteroatoms. The summed E-state index contributed by atoms with van der Waals surface area (Å²) in [6.07, 6.45) is 0. The Labute approximate surface area is 119 Å². The number of nitrogens with zero attached hydrogens (tertiary/aromatic N) is 2. The summed E-state index contributed by atoms with van der Waals surface area (Å²) in [5, 5.41) is 0.714. The first-order valence-electron chi connectivity index (χ1n) is 6.22. The van der Waals surface area contributed by atoms with Crippen molar-refractivity contribution in [1.82, 2.24) is 4.98 Å². The first-order chi connectivity index (χ1) is 9.10. The van der Waals surface area contributed by atoms with Crippen molar-refractivity contribution in [2.45, 2.75) is 20.0 Å². The van der Waals surface area contributed by atoms with Crippen molar-refractivity contribution in [3.05, 3.63) is 58.4 Å². The van der Waals surface area contributed by atoms with Gasteiger partial charge in [0.15, 0.2) is 0 Å². The Morgan fingerprint density at radius 3 is 2.74 bits per heavy atom. The molecule has 3 nitrogen and oxygen atoms in total. The number of halogens is 1. The molecule has 1 aromatic carbocycles. The minimum atomic E-state index is 0.474. The van der Waals surface area contributed by atoms with Crippen LogP contribution in [0.1, 0.15) is 17.0 Å². The van der Waals surface area contributed by atoms with Gasteiger partial charge in [-0.2, -0.15) is 0 Å². The van der Waals surface area contributed by atoms with E-state index in [0.29, 0.717) is 11.6 Å². The van der Waals surface area contributed by atoms with Crippen molar-refractivity contribution in [3.63, 3.8) is 0 Å². The SMILES string of the molecule is Cc1cccc(CN(C)c2ccc(Cl)cc2CN)n1. The lowest BCUT2D eigenvalue weighted by Crippen LogP contribution is -2.19. The second kappa shape index (κ2) is 6.04. The van der Waals surface area contributed by atoms with Crippen LogP contribution in [-0.4, -0.2) is 12.0 Å². The number of anilines is 1. The standard InChI is InChI=1S/C15H18ClN3/c1-11-4-3-5-14(18-11)10-19(2)15-7-6-13(16)8-12(15)9-17/h3-8H,9-10,17H2,1-2H3. The van der Waals surface area contributed by atoms with Crippen LogP contribution in [0.5, 0.6) is 0 Å². The lowest BCUT2D eigenvalue weighted by atomic mass is 10.1. The predicted octanol–water partition coefficient (Wildman–Crippen LogP) is 3.14. The van der Waals surface area contributed by atoms with E-state index in [0.717, 1.165) is 29.2 Å². The molecule has 0 atom stereocenters. The van der Waals surface area contributed by atoms with Gasteiger partial charge in [-0.1, -0.05) is 17.7 Å². The molecule has 0 unspecified atom stereocenters. The summed E-state index contributed by atoms with van der Waals surface area (Å²) in [7, 11) is 2.03. The molecule has 0 saturated carbocycles. The van der Waals surface area contributed by atoms with Crippen LogP contribution in [0.3, 0.4) is 0 Å². The largest absolute Gasteiger partial charge is 0.368 e. The third kappa shape index (κ3) is 3.46. The Morgan fingerprint density at radius 1 is 1.26 bits per heavy atom. The van der Waals surface area contributed by atoms with Gasteiger partial charge in [0.1, 0.15) is 0 Å². The number of nitrogens with two attached hydrogens (primary N) is 1. The summed E-state index contributed by atoms with van der Waals surface area (Å²) < 4.78 is 0. The molecule has 2 rings (SSSR count). The molecule has 2 aromatic rings. The molecule has 0 spiro atoms. The van der Waals surface area contributed by atoms with Crippen LogP contribution in [0.2, 0.25) is 5.02 Å². The van der Waals surface area contributed by atoms with Gasteiger partial charge in [-0.15, -0.1) is 0 Å². The van der Waals surface area contributed by atoms with Crippen LogP contribution in [-0.2, 0) is 13.1 Å². The average molecular weight is 276 g/mol. The number of benzene rings is 1. The maximum absolute atomic E-state index is 5.99. The second-order valence-corrected chi connectivity index (χ2v) is 5.04. The Balaban J connectivity index is 2.22. The van der Waals surface area contributed by atoms with Crippen LogP contribution in [0.15, 0.2) is 36.4 Å². The molecule has 0 aliphatic rings. The highest BCUT2D eigenvalue weighted by Crippen LogP contribution is 2.24. The number of hydrogen-bond acceptors (Lipinski definition) is 3. The smallest absolute Gasteiger partial charge is 0.0600 e. The molecular formula is C15H18ClN3. The highest BCUT2D eigenvalue weighted by molar-refractivity contribution is 6.30. The van der Waals surface area contributed by atoms with Gasteiger partial charge in [-0.05, 0) is 42.8 Å². The molecule has 100 valence electrons. The molecular weight excluding hydrogens is 258 g/mol. The van der Waals surface area contributed by atoms with Crippen molar-refractivity contribution in [2.24, 2.45) is 5.73 Å². The molecule has 0 fully saturated rings.